The van der Waals surface area contributed by atoms with Crippen LogP contribution >= 0.6 is 24.0 Å². The normalized spacial score (nSPS) is 11.1. The number of nitrogens with zero attached hydrogens (tertiary/aromatic N) is 3. The molecule has 0 saturated heterocycles. The van der Waals surface area contributed by atoms with E-state index in [1.165, 1.54) is 17.5 Å². The summed E-state index contributed by atoms with van der Waals surface area (Å²) < 4.78 is 7.62. The van der Waals surface area contributed by atoms with E-state index < -0.39 is 0 Å². The van der Waals surface area contributed by atoms with E-state index in [0.717, 1.165) is 51.6 Å². The Morgan fingerprint density at radius 1 is 1.11 bits per heavy atom. The lowest BCUT2D eigenvalue weighted by Gasteiger charge is -2.12. The van der Waals surface area contributed by atoms with Gasteiger partial charge in [0.1, 0.15) is 0 Å². The monoisotopic (exact) mass is 485 g/mol. The smallest absolute Gasteiger partial charge is 0.191 e. The van der Waals surface area contributed by atoms with Gasteiger partial charge in [0.15, 0.2) is 5.96 Å². The number of hydrogen-bond donors (Lipinski definition) is 2. The number of halogens is 1. The van der Waals surface area contributed by atoms with Crippen LogP contribution in [0.3, 0.4) is 0 Å². The van der Waals surface area contributed by atoms with Crippen LogP contribution in [0.1, 0.15) is 37.3 Å². The second kappa shape index (κ2) is 14.4. The van der Waals surface area contributed by atoms with Crippen LogP contribution < -0.4 is 10.6 Å². The van der Waals surface area contributed by atoms with Crippen molar-refractivity contribution in [3.05, 3.63) is 54.1 Å². The Morgan fingerprint density at radius 3 is 2.52 bits per heavy atom. The van der Waals surface area contributed by atoms with Gasteiger partial charge in [-0.15, -0.1) is 24.0 Å². The maximum atomic E-state index is 5.56. The van der Waals surface area contributed by atoms with Gasteiger partial charge in [0.2, 0.25) is 0 Å². The molecule has 1 heterocycles. The Labute approximate surface area is 179 Å². The van der Waals surface area contributed by atoms with Crippen molar-refractivity contribution in [2.75, 3.05) is 26.8 Å². The molecule has 0 fully saturated rings. The fraction of sp³-hybridized carbons (Fsp3) is 0.500. The summed E-state index contributed by atoms with van der Waals surface area (Å²) >= 11 is 0. The van der Waals surface area contributed by atoms with E-state index >= 15 is 0 Å². The van der Waals surface area contributed by atoms with Crippen LogP contribution in [-0.4, -0.2) is 42.3 Å². The van der Waals surface area contributed by atoms with E-state index in [1.807, 2.05) is 12.5 Å². The second-order valence-corrected chi connectivity index (χ2v) is 6.22. The minimum absolute atomic E-state index is 0. The molecule has 150 valence electrons. The Hall–Kier alpha value is -1.61. The lowest BCUT2D eigenvalue weighted by molar-refractivity contribution is 0.129. The molecule has 0 aliphatic rings. The van der Waals surface area contributed by atoms with Crippen LogP contribution in [0.25, 0.3) is 0 Å². The molecule has 0 aliphatic heterocycles. The summed E-state index contributed by atoms with van der Waals surface area (Å²) in [4.78, 5) is 8.33. The minimum atomic E-state index is 0. The van der Waals surface area contributed by atoms with Crippen LogP contribution in [0, 0.1) is 0 Å². The number of imidazole rings is 1. The average Bonchev–Trinajstić information content (AvgIpc) is 3.17. The van der Waals surface area contributed by atoms with Crippen LogP contribution in [0.5, 0.6) is 0 Å². The van der Waals surface area contributed by atoms with Gasteiger partial charge < -0.3 is 19.9 Å². The third kappa shape index (κ3) is 9.76. The highest BCUT2D eigenvalue weighted by atomic mass is 127. The Morgan fingerprint density at radius 2 is 1.85 bits per heavy atom. The third-order valence-corrected chi connectivity index (χ3v) is 4.03. The summed E-state index contributed by atoms with van der Waals surface area (Å²) in [5.41, 5.74) is 2.49. The molecule has 2 aromatic rings. The molecule has 0 atom stereocenters. The van der Waals surface area contributed by atoms with Gasteiger partial charge in [0.25, 0.3) is 0 Å². The molecule has 0 saturated carbocycles. The topological polar surface area (TPSA) is 63.5 Å². The van der Waals surface area contributed by atoms with Crippen molar-refractivity contribution in [3.63, 3.8) is 0 Å². The molecule has 2 rings (SSSR count). The van der Waals surface area contributed by atoms with Crippen molar-refractivity contribution in [3.8, 4) is 0 Å². The predicted molar refractivity (Wildman–Crippen MR) is 122 cm³/mol. The number of hydrogen-bond acceptors (Lipinski definition) is 3. The van der Waals surface area contributed by atoms with Gasteiger partial charge >= 0.3 is 0 Å². The summed E-state index contributed by atoms with van der Waals surface area (Å²) in [7, 11) is 1.79. The lowest BCUT2D eigenvalue weighted by atomic mass is 10.1. The van der Waals surface area contributed by atoms with Gasteiger partial charge in [-0.05, 0) is 24.0 Å². The molecule has 0 spiro atoms. The van der Waals surface area contributed by atoms with Gasteiger partial charge in [0.05, 0.1) is 6.33 Å². The summed E-state index contributed by atoms with van der Waals surface area (Å²) in [5, 5.41) is 6.67. The van der Waals surface area contributed by atoms with Gasteiger partial charge in [-0.3, -0.25) is 4.99 Å². The molecule has 0 amide bonds. The number of aromatic nitrogens is 2. The number of guanidine groups is 1. The first-order chi connectivity index (χ1) is 12.8. The number of ether oxygens (including phenoxy) is 1. The first-order valence-corrected chi connectivity index (χ1v) is 9.37. The summed E-state index contributed by atoms with van der Waals surface area (Å²) in [6.07, 6.45) is 8.90. The largest absolute Gasteiger partial charge is 0.381 e. The van der Waals surface area contributed by atoms with Crippen molar-refractivity contribution in [1.29, 1.82) is 0 Å². The number of benzene rings is 1. The molecule has 0 unspecified atom stereocenters. The molecule has 1 aromatic carbocycles. The van der Waals surface area contributed by atoms with Crippen molar-refractivity contribution in [2.45, 2.75) is 39.3 Å². The van der Waals surface area contributed by atoms with E-state index in [1.54, 1.807) is 13.2 Å². The van der Waals surface area contributed by atoms with Gasteiger partial charge in [0, 0.05) is 52.3 Å². The van der Waals surface area contributed by atoms with Crippen molar-refractivity contribution in [2.24, 2.45) is 4.99 Å². The number of unbranched alkanes of at least 4 members (excludes halogenated alkanes) is 1. The molecular weight excluding hydrogens is 453 g/mol. The molecule has 6 nitrogen and oxygen atoms in total. The lowest BCUT2D eigenvalue weighted by Crippen LogP contribution is -2.37. The minimum Gasteiger partial charge on any atom is -0.381 e. The Balaban J connectivity index is 0.00000364. The standard InChI is InChI=1S/C20H31N5O.HI/c1-3-4-13-26-14-5-10-23-20(21-2)24-15-18-6-8-19(9-7-18)16-25-12-11-22-17-25;/h6-9,11-12,17H,3-5,10,13-16H2,1-2H3,(H2,21,23,24);1H. The molecule has 2 N–H and O–H groups in total. The maximum absolute atomic E-state index is 5.56. The van der Waals surface area contributed by atoms with Crippen LogP contribution in [0.4, 0.5) is 0 Å². The molecule has 0 radical (unpaired) electrons. The molecule has 7 heteroatoms. The van der Waals surface area contributed by atoms with Crippen LogP contribution in [-0.2, 0) is 17.8 Å². The average molecular weight is 485 g/mol. The van der Waals surface area contributed by atoms with Crippen LogP contribution in [0.15, 0.2) is 48.0 Å². The first-order valence-electron chi connectivity index (χ1n) is 9.37. The maximum Gasteiger partial charge on any atom is 0.191 e. The Bertz CT molecular complexity index is 628. The zero-order valence-electron chi connectivity index (χ0n) is 16.4. The summed E-state index contributed by atoms with van der Waals surface area (Å²) in [6, 6.07) is 8.60. The van der Waals surface area contributed by atoms with Crippen molar-refractivity contribution in [1.82, 2.24) is 20.2 Å². The zero-order valence-corrected chi connectivity index (χ0v) is 18.7. The first kappa shape index (κ1) is 23.4. The molecule has 0 aliphatic carbocycles. The molecule has 0 bridgehead atoms. The predicted octanol–water partition coefficient (Wildman–Crippen LogP) is 3.42. The Kier molecular flexibility index (Phi) is 12.5. The number of nitrogens with one attached hydrogen (secondary N) is 2. The highest BCUT2D eigenvalue weighted by molar-refractivity contribution is 14.0. The zero-order chi connectivity index (χ0) is 18.5. The highest BCUT2D eigenvalue weighted by Crippen LogP contribution is 2.06. The molecular formula is C20H32IN5O. The van der Waals surface area contributed by atoms with Gasteiger partial charge in [-0.25, -0.2) is 4.98 Å². The molecule has 1 aromatic heterocycles. The van der Waals surface area contributed by atoms with Crippen molar-refractivity contribution < 1.29 is 4.74 Å². The fourth-order valence-electron chi connectivity index (χ4n) is 2.49. The van der Waals surface area contributed by atoms with E-state index in [-0.39, 0.29) is 24.0 Å². The van der Waals surface area contributed by atoms with Crippen LogP contribution in [0.2, 0.25) is 0 Å². The van der Waals surface area contributed by atoms with E-state index in [4.69, 9.17) is 4.74 Å². The second-order valence-electron chi connectivity index (χ2n) is 6.22. The quantitative estimate of drug-likeness (QED) is 0.222. The number of aliphatic imine (C=N–C) groups is 1. The highest BCUT2D eigenvalue weighted by Gasteiger charge is 2.00. The van der Waals surface area contributed by atoms with Gasteiger partial charge in [-0.2, -0.15) is 0 Å². The molecule has 27 heavy (non-hydrogen) atoms. The fourth-order valence-corrected chi connectivity index (χ4v) is 2.49. The van der Waals surface area contributed by atoms with E-state index in [2.05, 4.69) is 56.4 Å². The van der Waals surface area contributed by atoms with Gasteiger partial charge in [-0.1, -0.05) is 37.6 Å². The summed E-state index contributed by atoms with van der Waals surface area (Å²) in [5.74, 6) is 0.820. The third-order valence-electron chi connectivity index (χ3n) is 4.03. The van der Waals surface area contributed by atoms with Crippen molar-refractivity contribution >= 4 is 29.9 Å². The number of rotatable bonds is 11. The SMILES string of the molecule is CCCCOCCCNC(=NC)NCc1ccc(Cn2ccnc2)cc1.I. The summed E-state index contributed by atoms with van der Waals surface area (Å²) in [6.45, 7) is 6.28. The van der Waals surface area contributed by atoms with E-state index in [0.29, 0.717) is 0 Å². The van der Waals surface area contributed by atoms with E-state index in [9.17, 15) is 0 Å².